The Morgan fingerprint density at radius 2 is 1.76 bits per heavy atom. The van der Waals surface area contributed by atoms with Gasteiger partial charge in [-0.2, -0.15) is 0 Å². The summed E-state index contributed by atoms with van der Waals surface area (Å²) in [6.07, 6.45) is 0.858. The van der Waals surface area contributed by atoms with Crippen LogP contribution < -0.4 is 24.8 Å². The van der Waals surface area contributed by atoms with Crippen LogP contribution in [0.15, 0.2) is 42.5 Å². The normalized spacial score (nSPS) is 21.3. The summed E-state index contributed by atoms with van der Waals surface area (Å²) in [5.74, 6) is 0.215. The molecule has 182 valence electrons. The molecule has 0 aliphatic carbocycles. The SMILES string of the molecule is CCCNC(=O)NCCN1CC(c2ccc3c(c2)OCO3)C(C(=O)O)C1c1ccc(OC)cc1. The number of carbonyl (C=O) groups excluding carboxylic acids is 1. The maximum absolute atomic E-state index is 12.6. The Bertz CT molecular complexity index is 1010. The number of carboxylic acids is 1. The molecule has 1 saturated heterocycles. The van der Waals surface area contributed by atoms with Crippen molar-refractivity contribution < 1.29 is 28.9 Å². The van der Waals surface area contributed by atoms with Gasteiger partial charge < -0.3 is 30.0 Å². The molecular weight excluding hydrogens is 438 g/mol. The molecule has 9 heteroatoms. The van der Waals surface area contributed by atoms with E-state index in [4.69, 9.17) is 14.2 Å². The molecule has 3 atom stereocenters. The average molecular weight is 470 g/mol. The fourth-order valence-electron chi connectivity index (χ4n) is 4.75. The third-order valence-corrected chi connectivity index (χ3v) is 6.39. The number of carboxylic acid groups (broad SMARTS) is 1. The molecule has 2 aliphatic rings. The van der Waals surface area contributed by atoms with Gasteiger partial charge in [-0.05, 0) is 41.8 Å². The van der Waals surface area contributed by atoms with E-state index in [0.29, 0.717) is 43.4 Å². The number of urea groups is 1. The summed E-state index contributed by atoms with van der Waals surface area (Å²) >= 11 is 0. The minimum atomic E-state index is -0.861. The van der Waals surface area contributed by atoms with Crippen molar-refractivity contribution in [3.8, 4) is 17.2 Å². The second-order valence-electron chi connectivity index (χ2n) is 8.48. The summed E-state index contributed by atoms with van der Waals surface area (Å²) in [5, 5.41) is 16.0. The van der Waals surface area contributed by atoms with Gasteiger partial charge in [-0.3, -0.25) is 9.69 Å². The van der Waals surface area contributed by atoms with E-state index < -0.39 is 11.9 Å². The number of hydrogen-bond donors (Lipinski definition) is 3. The number of nitrogens with zero attached hydrogens (tertiary/aromatic N) is 1. The Morgan fingerprint density at radius 1 is 1.06 bits per heavy atom. The summed E-state index contributed by atoms with van der Waals surface area (Å²) in [5.41, 5.74) is 1.79. The van der Waals surface area contributed by atoms with Crippen LogP contribution in [-0.4, -0.2) is 62.1 Å². The number of fused-ring (bicyclic) bond motifs is 1. The summed E-state index contributed by atoms with van der Waals surface area (Å²) in [6, 6.07) is 12.6. The first kappa shape index (κ1) is 23.7. The molecule has 0 radical (unpaired) electrons. The predicted molar refractivity (Wildman–Crippen MR) is 125 cm³/mol. The first-order chi connectivity index (χ1) is 16.5. The van der Waals surface area contributed by atoms with E-state index >= 15 is 0 Å². The lowest BCUT2D eigenvalue weighted by Gasteiger charge is -2.27. The lowest BCUT2D eigenvalue weighted by Crippen LogP contribution is -2.41. The highest BCUT2D eigenvalue weighted by Crippen LogP contribution is 2.47. The van der Waals surface area contributed by atoms with E-state index in [0.717, 1.165) is 17.5 Å². The molecule has 0 bridgehead atoms. The third kappa shape index (κ3) is 5.04. The highest BCUT2D eigenvalue weighted by Gasteiger charge is 2.47. The molecule has 9 nitrogen and oxygen atoms in total. The van der Waals surface area contributed by atoms with E-state index in [2.05, 4.69) is 15.5 Å². The predicted octanol–water partition coefficient (Wildman–Crippen LogP) is 2.97. The van der Waals surface area contributed by atoms with Gasteiger partial charge >= 0.3 is 12.0 Å². The number of aliphatic carboxylic acids is 1. The number of benzene rings is 2. The fourth-order valence-corrected chi connectivity index (χ4v) is 4.75. The molecule has 34 heavy (non-hydrogen) atoms. The first-order valence-corrected chi connectivity index (χ1v) is 11.5. The van der Waals surface area contributed by atoms with Gasteiger partial charge in [0.15, 0.2) is 11.5 Å². The summed E-state index contributed by atoms with van der Waals surface area (Å²) in [6.45, 7) is 4.22. The van der Waals surface area contributed by atoms with Crippen LogP contribution in [-0.2, 0) is 4.79 Å². The van der Waals surface area contributed by atoms with Gasteiger partial charge in [0, 0.05) is 38.1 Å². The van der Waals surface area contributed by atoms with Gasteiger partial charge in [-0.25, -0.2) is 4.79 Å². The lowest BCUT2D eigenvalue weighted by atomic mass is 9.82. The second-order valence-corrected chi connectivity index (χ2v) is 8.48. The standard InChI is InChI=1S/C25H31N3O6/c1-3-10-26-25(31)27-11-12-28-14-19(17-6-9-20-21(13-17)34-15-33-20)22(24(29)30)23(28)16-4-7-18(32-2)8-5-16/h4-9,13,19,22-23H,3,10-12,14-15H2,1-2H3,(H,29,30)(H2,26,27,31). The third-order valence-electron chi connectivity index (χ3n) is 6.39. The van der Waals surface area contributed by atoms with Crippen LogP contribution in [0.2, 0.25) is 0 Å². The van der Waals surface area contributed by atoms with Crippen LogP contribution >= 0.6 is 0 Å². The fraction of sp³-hybridized carbons (Fsp3) is 0.440. The Labute approximate surface area is 199 Å². The summed E-state index contributed by atoms with van der Waals surface area (Å²) < 4.78 is 16.2. The van der Waals surface area contributed by atoms with Gasteiger partial charge in [0.25, 0.3) is 0 Å². The van der Waals surface area contributed by atoms with Crippen LogP contribution in [0.1, 0.15) is 36.4 Å². The highest BCUT2D eigenvalue weighted by atomic mass is 16.7. The zero-order valence-electron chi connectivity index (χ0n) is 19.5. The van der Waals surface area contributed by atoms with E-state index in [1.807, 2.05) is 49.4 Å². The minimum Gasteiger partial charge on any atom is -0.497 e. The molecule has 4 rings (SSSR count). The van der Waals surface area contributed by atoms with Gasteiger partial charge in [0.2, 0.25) is 6.79 Å². The van der Waals surface area contributed by atoms with Gasteiger partial charge in [-0.15, -0.1) is 0 Å². The molecule has 3 N–H and O–H groups in total. The van der Waals surface area contributed by atoms with Crippen LogP contribution in [0, 0.1) is 5.92 Å². The molecule has 2 aromatic rings. The van der Waals surface area contributed by atoms with E-state index in [1.54, 1.807) is 7.11 Å². The molecule has 0 spiro atoms. The number of methoxy groups -OCH3 is 1. The van der Waals surface area contributed by atoms with Crippen molar-refractivity contribution in [3.05, 3.63) is 53.6 Å². The molecule has 2 heterocycles. The first-order valence-electron chi connectivity index (χ1n) is 11.5. The van der Waals surface area contributed by atoms with Crippen LogP contribution in [0.3, 0.4) is 0 Å². The Morgan fingerprint density at radius 3 is 2.47 bits per heavy atom. The summed E-state index contributed by atoms with van der Waals surface area (Å²) in [7, 11) is 1.60. The molecule has 2 amide bonds. The smallest absolute Gasteiger partial charge is 0.314 e. The van der Waals surface area contributed by atoms with Crippen molar-refractivity contribution in [2.24, 2.45) is 5.92 Å². The van der Waals surface area contributed by atoms with Gasteiger partial charge in [0.1, 0.15) is 5.75 Å². The van der Waals surface area contributed by atoms with Crippen molar-refractivity contribution in [2.45, 2.75) is 25.3 Å². The number of ether oxygens (including phenoxy) is 3. The second kappa shape index (κ2) is 10.6. The maximum atomic E-state index is 12.6. The van der Waals surface area contributed by atoms with Crippen molar-refractivity contribution in [1.29, 1.82) is 0 Å². The monoisotopic (exact) mass is 469 g/mol. The zero-order valence-corrected chi connectivity index (χ0v) is 19.5. The molecule has 3 unspecified atom stereocenters. The van der Waals surface area contributed by atoms with E-state index in [-0.39, 0.29) is 24.8 Å². The lowest BCUT2D eigenvalue weighted by molar-refractivity contribution is -0.143. The van der Waals surface area contributed by atoms with Crippen LogP contribution in [0.5, 0.6) is 17.2 Å². The number of rotatable bonds is 9. The van der Waals surface area contributed by atoms with Crippen molar-refractivity contribution in [1.82, 2.24) is 15.5 Å². The maximum Gasteiger partial charge on any atom is 0.314 e. The molecule has 1 fully saturated rings. The van der Waals surface area contributed by atoms with E-state index in [1.165, 1.54) is 0 Å². The van der Waals surface area contributed by atoms with Gasteiger partial charge in [0.05, 0.1) is 13.0 Å². The molecule has 2 aliphatic heterocycles. The van der Waals surface area contributed by atoms with Gasteiger partial charge in [-0.1, -0.05) is 25.1 Å². The Kier molecular flexibility index (Phi) is 7.42. The molecule has 2 aromatic carbocycles. The highest BCUT2D eigenvalue weighted by molar-refractivity contribution is 5.74. The van der Waals surface area contributed by atoms with Crippen LogP contribution in [0.25, 0.3) is 0 Å². The van der Waals surface area contributed by atoms with Crippen LogP contribution in [0.4, 0.5) is 4.79 Å². The largest absolute Gasteiger partial charge is 0.497 e. The summed E-state index contributed by atoms with van der Waals surface area (Å²) in [4.78, 5) is 26.7. The van der Waals surface area contributed by atoms with Crippen molar-refractivity contribution in [2.75, 3.05) is 40.1 Å². The van der Waals surface area contributed by atoms with E-state index in [9.17, 15) is 14.7 Å². The van der Waals surface area contributed by atoms with Crippen molar-refractivity contribution in [3.63, 3.8) is 0 Å². The Hall–Kier alpha value is -3.46. The minimum absolute atomic E-state index is 0.165. The molecular formula is C25H31N3O6. The average Bonchev–Trinajstić information content (AvgIpc) is 3.47. The Balaban J connectivity index is 1.60. The number of hydrogen-bond acceptors (Lipinski definition) is 6. The van der Waals surface area contributed by atoms with Crippen molar-refractivity contribution >= 4 is 12.0 Å². The molecule has 0 saturated carbocycles. The molecule has 0 aromatic heterocycles. The topological polar surface area (TPSA) is 109 Å². The number of amides is 2. The number of likely N-dealkylation sites (tertiary alicyclic amines) is 1. The number of carbonyl (C=O) groups is 2. The zero-order chi connectivity index (χ0) is 24.1. The number of nitrogens with one attached hydrogen (secondary N) is 2. The quantitative estimate of drug-likeness (QED) is 0.518.